The molecule has 0 saturated heterocycles. The van der Waals surface area contributed by atoms with Crippen LogP contribution >= 0.6 is 0 Å². The molecule has 0 saturated carbocycles. The molecular formula is C16H16NO7-. The van der Waals surface area contributed by atoms with Gasteiger partial charge in [-0.2, -0.15) is 0 Å². The minimum Gasteiger partial charge on any atom is -0.548 e. The summed E-state index contributed by atoms with van der Waals surface area (Å²) in [7, 11) is 2.89. The van der Waals surface area contributed by atoms with Crippen LogP contribution in [-0.2, 0) is 16.0 Å². The predicted octanol–water partition coefficient (Wildman–Crippen LogP) is -0.473. The molecule has 2 aromatic rings. The van der Waals surface area contributed by atoms with Crippen molar-refractivity contribution >= 4 is 22.8 Å². The van der Waals surface area contributed by atoms with Gasteiger partial charge in [-0.05, 0) is 24.6 Å². The van der Waals surface area contributed by atoms with Crippen molar-refractivity contribution in [3.8, 4) is 11.5 Å². The van der Waals surface area contributed by atoms with Crippen LogP contribution in [0.4, 0.5) is 0 Å². The Balaban J connectivity index is 2.49. The fourth-order valence-electron chi connectivity index (χ4n) is 2.36. The summed E-state index contributed by atoms with van der Waals surface area (Å²) >= 11 is 0. The number of carboxylic acid groups (broad SMARTS) is 1. The first kappa shape index (κ1) is 17.3. The van der Waals surface area contributed by atoms with Gasteiger partial charge in [0.1, 0.15) is 0 Å². The number of aliphatic carboxylic acids is 1. The van der Waals surface area contributed by atoms with E-state index in [2.05, 4.69) is 5.32 Å². The number of rotatable bonds is 6. The lowest BCUT2D eigenvalue weighted by Gasteiger charge is -2.13. The molecule has 1 heterocycles. The van der Waals surface area contributed by atoms with Gasteiger partial charge in [-0.15, -0.1) is 0 Å². The molecule has 1 aromatic carbocycles. The van der Waals surface area contributed by atoms with Crippen molar-refractivity contribution in [1.82, 2.24) is 5.32 Å². The first-order valence-corrected chi connectivity index (χ1v) is 7.02. The fourth-order valence-corrected chi connectivity index (χ4v) is 2.36. The summed E-state index contributed by atoms with van der Waals surface area (Å²) in [6.45, 7) is 1.05. The average molecular weight is 334 g/mol. The molecule has 0 aliphatic rings. The van der Waals surface area contributed by atoms with Crippen molar-refractivity contribution in [1.29, 1.82) is 0 Å². The van der Waals surface area contributed by atoms with Gasteiger partial charge in [0.15, 0.2) is 11.3 Å². The molecule has 8 heteroatoms. The molecule has 0 fully saturated rings. The van der Waals surface area contributed by atoms with Crippen LogP contribution in [0.25, 0.3) is 11.0 Å². The second kappa shape index (κ2) is 7.03. The van der Waals surface area contributed by atoms with Crippen molar-refractivity contribution < 1.29 is 28.6 Å². The molecule has 1 aromatic heterocycles. The third-order valence-electron chi connectivity index (χ3n) is 3.57. The highest BCUT2D eigenvalue weighted by Crippen LogP contribution is 2.36. The highest BCUT2D eigenvalue weighted by molar-refractivity contribution is 5.90. The second-order valence-corrected chi connectivity index (χ2v) is 5.00. The Hall–Kier alpha value is -3.03. The van der Waals surface area contributed by atoms with Gasteiger partial charge >= 0.3 is 5.63 Å². The quantitative estimate of drug-likeness (QED) is 0.709. The molecule has 0 spiro atoms. The first-order chi connectivity index (χ1) is 11.4. The van der Waals surface area contributed by atoms with E-state index >= 15 is 0 Å². The Morgan fingerprint density at radius 3 is 2.54 bits per heavy atom. The number of hydrogen-bond acceptors (Lipinski definition) is 7. The zero-order valence-corrected chi connectivity index (χ0v) is 13.4. The van der Waals surface area contributed by atoms with Crippen molar-refractivity contribution in [2.45, 2.75) is 13.3 Å². The molecule has 0 aliphatic carbocycles. The van der Waals surface area contributed by atoms with Gasteiger partial charge in [0.05, 0.1) is 38.7 Å². The molecule has 0 atom stereocenters. The molecule has 0 radical (unpaired) electrons. The van der Waals surface area contributed by atoms with Gasteiger partial charge in [-0.1, -0.05) is 0 Å². The Morgan fingerprint density at radius 2 is 1.96 bits per heavy atom. The van der Waals surface area contributed by atoms with Crippen LogP contribution in [0.1, 0.15) is 11.1 Å². The number of methoxy groups -OCH3 is 2. The molecule has 1 amide bonds. The summed E-state index contributed by atoms with van der Waals surface area (Å²) in [6, 6.07) is 3.35. The van der Waals surface area contributed by atoms with Gasteiger partial charge in [0.25, 0.3) is 0 Å². The standard InChI is InChI=1S/C16H17NO7/c1-8-9-4-5-11(22-2)15(23-3)14(9)24-16(21)10(8)6-12(18)17-7-13(19)20/h4-5H,6-7H2,1-3H3,(H,17,18)(H,19,20)/p-1. The van der Waals surface area contributed by atoms with E-state index in [9.17, 15) is 19.5 Å². The van der Waals surface area contributed by atoms with E-state index in [0.717, 1.165) is 0 Å². The molecule has 128 valence electrons. The minimum atomic E-state index is -1.41. The van der Waals surface area contributed by atoms with Crippen LogP contribution in [-0.4, -0.2) is 32.6 Å². The molecule has 8 nitrogen and oxygen atoms in total. The molecule has 0 bridgehead atoms. The summed E-state index contributed by atoms with van der Waals surface area (Å²) < 4.78 is 15.7. The maximum Gasteiger partial charge on any atom is 0.340 e. The smallest absolute Gasteiger partial charge is 0.340 e. The van der Waals surface area contributed by atoms with Crippen LogP contribution in [0.5, 0.6) is 11.5 Å². The van der Waals surface area contributed by atoms with Crippen LogP contribution < -0.4 is 25.5 Å². The SMILES string of the molecule is COc1ccc2c(C)c(CC(=O)NCC(=O)[O-])c(=O)oc2c1OC. The predicted molar refractivity (Wildman–Crippen MR) is 82.0 cm³/mol. The zero-order valence-electron chi connectivity index (χ0n) is 13.4. The summed E-state index contributed by atoms with van der Waals surface area (Å²) in [6.07, 6.45) is -0.300. The number of fused-ring (bicyclic) bond motifs is 1. The largest absolute Gasteiger partial charge is 0.548 e. The van der Waals surface area contributed by atoms with Gasteiger partial charge in [0.2, 0.25) is 11.7 Å². The number of carbonyl (C=O) groups excluding carboxylic acids is 2. The van der Waals surface area contributed by atoms with E-state index in [0.29, 0.717) is 16.7 Å². The number of ether oxygens (including phenoxy) is 2. The van der Waals surface area contributed by atoms with Crippen molar-refractivity contribution in [3.05, 3.63) is 33.7 Å². The van der Waals surface area contributed by atoms with Crippen LogP contribution in [0.2, 0.25) is 0 Å². The van der Waals surface area contributed by atoms with Crippen LogP contribution in [0, 0.1) is 6.92 Å². The molecule has 24 heavy (non-hydrogen) atoms. The monoisotopic (exact) mass is 334 g/mol. The Bertz CT molecular complexity index is 854. The highest BCUT2D eigenvalue weighted by atomic mass is 16.5. The van der Waals surface area contributed by atoms with Crippen molar-refractivity contribution in [2.75, 3.05) is 20.8 Å². The Labute approximate surface area is 137 Å². The second-order valence-electron chi connectivity index (χ2n) is 5.00. The van der Waals surface area contributed by atoms with E-state index in [1.807, 2.05) is 0 Å². The lowest BCUT2D eigenvalue weighted by Crippen LogP contribution is -2.38. The third kappa shape index (κ3) is 3.32. The van der Waals surface area contributed by atoms with Gasteiger partial charge in [-0.25, -0.2) is 4.79 Å². The lowest BCUT2D eigenvalue weighted by atomic mass is 10.0. The number of benzene rings is 1. The van der Waals surface area contributed by atoms with E-state index in [-0.39, 0.29) is 23.3 Å². The van der Waals surface area contributed by atoms with E-state index in [1.165, 1.54) is 14.2 Å². The zero-order chi connectivity index (χ0) is 17.9. The fraction of sp³-hybridized carbons (Fsp3) is 0.312. The molecular weight excluding hydrogens is 318 g/mol. The summed E-state index contributed by atoms with van der Waals surface area (Å²) in [5, 5.41) is 13.1. The van der Waals surface area contributed by atoms with E-state index in [4.69, 9.17) is 13.9 Å². The average Bonchev–Trinajstić information content (AvgIpc) is 2.55. The summed E-state index contributed by atoms with van der Waals surface area (Å²) in [5.74, 6) is -1.34. The number of amides is 1. The van der Waals surface area contributed by atoms with Crippen LogP contribution in [0.3, 0.4) is 0 Å². The Kier molecular flexibility index (Phi) is 5.08. The Morgan fingerprint density at radius 1 is 1.25 bits per heavy atom. The first-order valence-electron chi connectivity index (χ1n) is 7.02. The molecule has 0 aliphatic heterocycles. The van der Waals surface area contributed by atoms with Crippen molar-refractivity contribution in [2.24, 2.45) is 0 Å². The van der Waals surface area contributed by atoms with E-state index in [1.54, 1.807) is 19.1 Å². The number of hydrogen-bond donors (Lipinski definition) is 1. The number of carboxylic acids is 1. The van der Waals surface area contributed by atoms with E-state index < -0.39 is 24.0 Å². The number of carbonyl (C=O) groups is 2. The molecule has 1 N–H and O–H groups in total. The minimum absolute atomic E-state index is 0.144. The molecule has 0 unspecified atom stereocenters. The van der Waals surface area contributed by atoms with Crippen molar-refractivity contribution in [3.63, 3.8) is 0 Å². The summed E-state index contributed by atoms with van der Waals surface area (Å²) in [4.78, 5) is 34.3. The molecule has 2 rings (SSSR count). The normalized spacial score (nSPS) is 10.5. The summed E-state index contributed by atoms with van der Waals surface area (Å²) in [5.41, 5.74) is 0.213. The van der Waals surface area contributed by atoms with Gasteiger partial charge in [0, 0.05) is 5.39 Å². The highest BCUT2D eigenvalue weighted by Gasteiger charge is 2.19. The van der Waals surface area contributed by atoms with Crippen LogP contribution in [0.15, 0.2) is 21.3 Å². The maximum atomic E-state index is 12.2. The van der Waals surface area contributed by atoms with Gasteiger partial charge in [-0.3, -0.25) is 4.79 Å². The number of nitrogens with one attached hydrogen (secondary N) is 1. The van der Waals surface area contributed by atoms with Gasteiger partial charge < -0.3 is 29.1 Å². The third-order valence-corrected chi connectivity index (χ3v) is 3.57. The lowest BCUT2D eigenvalue weighted by molar-refractivity contribution is -0.304. The topological polar surface area (TPSA) is 118 Å². The number of aryl methyl sites for hydroxylation is 1. The maximum absolute atomic E-state index is 12.2.